The van der Waals surface area contributed by atoms with Crippen LogP contribution in [0.2, 0.25) is 0 Å². The van der Waals surface area contributed by atoms with E-state index in [0.717, 1.165) is 58.0 Å². The number of hydrogen-bond acceptors (Lipinski definition) is 11. The van der Waals surface area contributed by atoms with Gasteiger partial charge >= 0.3 is 6.18 Å². The highest BCUT2D eigenvalue weighted by Gasteiger charge is 2.51. The second kappa shape index (κ2) is 23.0. The van der Waals surface area contributed by atoms with Crippen molar-refractivity contribution in [3.63, 3.8) is 0 Å². The predicted octanol–water partition coefficient (Wildman–Crippen LogP) is 7.84. The van der Waals surface area contributed by atoms with E-state index in [-0.39, 0.29) is 49.4 Å². The molecule has 0 aliphatic carbocycles. The molecule has 4 amide bonds. The van der Waals surface area contributed by atoms with Gasteiger partial charge in [0.25, 0.3) is 5.91 Å². The molecule has 3 heterocycles. The molecule has 6 rings (SSSR count). The van der Waals surface area contributed by atoms with Crippen LogP contribution in [0.1, 0.15) is 83.5 Å². The summed E-state index contributed by atoms with van der Waals surface area (Å²) in [6.07, 6.45) is -2.35. The van der Waals surface area contributed by atoms with Crippen LogP contribution in [-0.2, 0) is 41.4 Å². The van der Waals surface area contributed by atoms with Gasteiger partial charge in [-0.25, -0.2) is 4.98 Å². The number of carbonyl (C=O) groups is 4. The van der Waals surface area contributed by atoms with Gasteiger partial charge in [-0.15, -0.1) is 11.3 Å². The number of carbonyl (C=O) groups excluding carboxylic acids is 4. The molecule has 1 unspecified atom stereocenters. The fourth-order valence-corrected chi connectivity index (χ4v) is 9.49. The zero-order chi connectivity index (χ0) is 50.1. The lowest BCUT2D eigenvalue weighted by molar-refractivity contribution is -0.144. The van der Waals surface area contributed by atoms with E-state index in [0.29, 0.717) is 37.7 Å². The topological polar surface area (TPSA) is 163 Å². The van der Waals surface area contributed by atoms with Crippen LogP contribution in [0, 0.1) is 12.3 Å². The largest absolute Gasteiger partial charge is 0.494 e. The Bertz CT molecular complexity index is 2430. The number of amides is 4. The summed E-state index contributed by atoms with van der Waals surface area (Å²) in [5, 5.41) is 16.3. The highest BCUT2D eigenvalue weighted by atomic mass is 32.1. The monoisotopic (exact) mass is 994 g/mol. The van der Waals surface area contributed by atoms with Gasteiger partial charge in [-0.05, 0) is 118 Å². The molecule has 372 valence electrons. The van der Waals surface area contributed by atoms with E-state index in [9.17, 15) is 37.5 Å². The Morgan fingerprint density at radius 3 is 2.28 bits per heavy atom. The van der Waals surface area contributed by atoms with Crippen molar-refractivity contribution in [1.82, 2.24) is 20.5 Å². The lowest BCUT2D eigenvalue weighted by Gasteiger charge is -2.35. The van der Waals surface area contributed by atoms with Gasteiger partial charge in [-0.3, -0.25) is 24.1 Å². The first-order valence-corrected chi connectivity index (χ1v) is 24.2. The van der Waals surface area contributed by atoms with E-state index in [4.69, 9.17) is 26.4 Å². The number of aliphatic hydroxyl groups excluding tert-OH is 1. The molecule has 4 aromatic rings. The van der Waals surface area contributed by atoms with Crippen molar-refractivity contribution < 1.29 is 51.7 Å². The number of anilines is 2. The summed E-state index contributed by atoms with van der Waals surface area (Å²) in [6.45, 7) is 12.4. The molecule has 0 radical (unpaired) electrons. The number of benzene rings is 3. The maximum absolute atomic E-state index is 13.9. The average molecular weight is 995 g/mol. The second-order valence-corrected chi connectivity index (χ2v) is 20.0. The van der Waals surface area contributed by atoms with Crippen molar-refractivity contribution in [3.8, 4) is 16.2 Å². The molecule has 0 spiro atoms. The van der Waals surface area contributed by atoms with Gasteiger partial charge in [0.2, 0.25) is 17.7 Å². The molecule has 1 aromatic heterocycles. The second-order valence-electron chi connectivity index (χ2n) is 18.7. The third-order valence-corrected chi connectivity index (χ3v) is 13.3. The lowest BCUT2D eigenvalue weighted by Crippen LogP contribution is -2.58. The van der Waals surface area contributed by atoms with Gasteiger partial charge in [0.05, 0.1) is 40.0 Å². The zero-order valence-corrected chi connectivity index (χ0v) is 41.4. The third-order valence-electron chi connectivity index (χ3n) is 11.9. The van der Waals surface area contributed by atoms with Crippen LogP contribution in [-0.4, -0.2) is 107 Å². The number of alkyl halides is 3. The number of aromatic nitrogens is 1. The summed E-state index contributed by atoms with van der Waals surface area (Å²) in [5.74, 6) is -1.13. The van der Waals surface area contributed by atoms with E-state index in [1.165, 1.54) is 17.0 Å². The van der Waals surface area contributed by atoms with Crippen molar-refractivity contribution >= 4 is 63.7 Å². The molecule has 2 saturated heterocycles. The smallest absolute Gasteiger partial charge is 0.416 e. The molecule has 0 bridgehead atoms. The first-order chi connectivity index (χ1) is 32.7. The van der Waals surface area contributed by atoms with E-state index >= 15 is 0 Å². The molecule has 19 heteroatoms. The number of rotatable bonds is 21. The number of halogens is 3. The number of ether oxygens (including phenoxy) is 3. The van der Waals surface area contributed by atoms with Crippen molar-refractivity contribution in [1.29, 1.82) is 0 Å². The van der Waals surface area contributed by atoms with Crippen LogP contribution in [0.15, 0.2) is 78.3 Å². The van der Waals surface area contributed by atoms with E-state index in [1.807, 2.05) is 52.0 Å². The SMILES string of the molecule is Cc1ncsc1-c1ccc(CNC(=O)[C@@H]2C[C@@H](O)CN2C(=O)C(NC(=O)COCCCOCCCCCOc2ccc(N3C(=S)N(c4cccc(C(F)(F)F)c4)C(=O)C3(C)C)cc2)C(C)(C)C)cc1. The fourth-order valence-electron chi connectivity index (χ4n) is 8.15. The molecule has 2 fully saturated rings. The summed E-state index contributed by atoms with van der Waals surface area (Å²) in [6, 6.07) is 17.6. The number of nitrogens with one attached hydrogen (secondary N) is 2. The molecule has 2 aliphatic heterocycles. The van der Waals surface area contributed by atoms with Gasteiger partial charge in [-0.2, -0.15) is 13.2 Å². The number of thiocarbonyl (C=S) groups is 1. The number of unbranched alkanes of at least 4 members (excludes halogenated alkanes) is 2. The number of aliphatic hydroxyl groups is 1. The van der Waals surface area contributed by atoms with Gasteiger partial charge in [-0.1, -0.05) is 51.1 Å². The van der Waals surface area contributed by atoms with Crippen LogP contribution >= 0.6 is 23.6 Å². The normalized spacial score (nSPS) is 17.6. The maximum Gasteiger partial charge on any atom is 0.416 e. The Kier molecular flexibility index (Phi) is 17.6. The van der Waals surface area contributed by atoms with Crippen LogP contribution in [0.5, 0.6) is 5.75 Å². The molecule has 0 saturated carbocycles. The summed E-state index contributed by atoms with van der Waals surface area (Å²) < 4.78 is 57.5. The number of likely N-dealkylation sites (tertiary alicyclic amines) is 1. The molecule has 2 aliphatic rings. The third kappa shape index (κ3) is 13.4. The Morgan fingerprint density at radius 2 is 1.61 bits per heavy atom. The fraction of sp³-hybridized carbons (Fsp3) is 0.480. The first-order valence-electron chi connectivity index (χ1n) is 23.0. The first kappa shape index (κ1) is 52.9. The number of nitrogens with zero attached hydrogens (tertiary/aromatic N) is 4. The van der Waals surface area contributed by atoms with Crippen molar-refractivity contribution in [3.05, 3.63) is 95.1 Å². The molecular weight excluding hydrogens is 934 g/mol. The number of β-amino-alcohol motifs (C(OH)–C–C–N with tert-alkyl or cyclic N) is 1. The average Bonchev–Trinajstić information content (AvgIpc) is 3.97. The van der Waals surface area contributed by atoms with Crippen LogP contribution < -0.4 is 25.2 Å². The predicted molar refractivity (Wildman–Crippen MR) is 262 cm³/mol. The highest BCUT2D eigenvalue weighted by molar-refractivity contribution is 7.81. The molecule has 3 N–H and O–H groups in total. The van der Waals surface area contributed by atoms with Crippen molar-refractivity contribution in [2.24, 2.45) is 5.41 Å². The summed E-state index contributed by atoms with van der Waals surface area (Å²) in [7, 11) is 0. The number of thiazole rings is 1. The summed E-state index contributed by atoms with van der Waals surface area (Å²) in [4.78, 5) is 63.3. The van der Waals surface area contributed by atoms with Gasteiger partial charge < -0.3 is 39.8 Å². The quantitative estimate of drug-likeness (QED) is 0.0551. The maximum atomic E-state index is 13.9. The van der Waals surface area contributed by atoms with Crippen LogP contribution in [0.3, 0.4) is 0 Å². The Morgan fingerprint density at radius 1 is 0.928 bits per heavy atom. The van der Waals surface area contributed by atoms with Crippen molar-refractivity contribution in [2.45, 2.75) is 110 Å². The Labute approximate surface area is 410 Å². The zero-order valence-electron chi connectivity index (χ0n) is 39.8. The number of hydrogen-bond donors (Lipinski definition) is 3. The van der Waals surface area contributed by atoms with E-state index in [1.54, 1.807) is 59.9 Å². The highest BCUT2D eigenvalue weighted by Crippen LogP contribution is 2.39. The van der Waals surface area contributed by atoms with Crippen molar-refractivity contribution in [2.75, 3.05) is 49.4 Å². The number of aryl methyl sites for hydroxylation is 1. The minimum absolute atomic E-state index is 0.0247. The van der Waals surface area contributed by atoms with Crippen LogP contribution in [0.25, 0.3) is 10.4 Å². The minimum atomic E-state index is -4.57. The van der Waals surface area contributed by atoms with E-state index < -0.39 is 58.6 Å². The van der Waals surface area contributed by atoms with Gasteiger partial charge in [0.1, 0.15) is 30.0 Å². The summed E-state index contributed by atoms with van der Waals surface area (Å²) in [5.41, 5.74) is 2.61. The molecular formula is C50H61F3N6O8S2. The lowest BCUT2D eigenvalue weighted by atomic mass is 9.85. The van der Waals surface area contributed by atoms with Crippen LogP contribution in [0.4, 0.5) is 24.5 Å². The Hall–Kier alpha value is -5.47. The summed E-state index contributed by atoms with van der Waals surface area (Å²) >= 11 is 7.19. The van der Waals surface area contributed by atoms with Gasteiger partial charge in [0.15, 0.2) is 5.11 Å². The molecule has 3 atom stereocenters. The Balaban J connectivity index is 0.843. The van der Waals surface area contributed by atoms with Gasteiger partial charge in [0, 0.05) is 45.0 Å². The van der Waals surface area contributed by atoms with E-state index in [2.05, 4.69) is 15.6 Å². The standard InChI is InChI=1S/C50H61F3N6O8S2/c1-32-42(69-31-55-32)34-16-14-33(15-17-34)28-54-44(62)40-27-38(60)29-57(40)45(63)43(48(2,3)4)56-41(61)30-66-24-11-23-65-22-8-7-9-25-67-39-20-18-36(19-21-39)59-47(68)58(46(64)49(59,5)6)37-13-10-12-35(26-37)50(51,52)53/h10,12-21,26,31,38,40,43,60H,7-9,11,22-25,27-30H2,1-6H3,(H,54,62)(H,56,61)/t38-,40+,43?/m1/s1. The minimum Gasteiger partial charge on any atom is -0.494 e. The molecule has 14 nitrogen and oxygen atoms in total. The molecule has 3 aromatic carbocycles. The molecule has 69 heavy (non-hydrogen) atoms.